The second-order valence-electron chi connectivity index (χ2n) is 4.92. The molecule has 2 aliphatic rings. The summed E-state index contributed by atoms with van der Waals surface area (Å²) in [6.07, 6.45) is 5.75. The maximum Gasteiger partial charge on any atom is 0.223 e. The molecule has 0 aromatic heterocycles. The van der Waals surface area contributed by atoms with Gasteiger partial charge in [-0.1, -0.05) is 13.3 Å². The number of nitrogens with one attached hydrogen (secondary N) is 2. The zero-order chi connectivity index (χ0) is 10.7. The highest BCUT2D eigenvalue weighted by Gasteiger charge is 2.38. The zero-order valence-corrected chi connectivity index (χ0v) is 9.59. The molecule has 1 aliphatic carbocycles. The van der Waals surface area contributed by atoms with Gasteiger partial charge in [0.05, 0.1) is 0 Å². The van der Waals surface area contributed by atoms with E-state index in [0.29, 0.717) is 11.9 Å². The molecule has 0 spiro atoms. The lowest BCUT2D eigenvalue weighted by molar-refractivity contribution is -0.125. The van der Waals surface area contributed by atoms with Gasteiger partial charge in [0.25, 0.3) is 0 Å². The molecule has 2 fully saturated rings. The van der Waals surface area contributed by atoms with Gasteiger partial charge in [0.2, 0.25) is 5.91 Å². The van der Waals surface area contributed by atoms with Crippen LogP contribution < -0.4 is 10.6 Å². The van der Waals surface area contributed by atoms with Gasteiger partial charge < -0.3 is 10.6 Å². The smallest absolute Gasteiger partial charge is 0.223 e. The maximum atomic E-state index is 11.9. The molecular weight excluding hydrogens is 188 g/mol. The number of amides is 1. The van der Waals surface area contributed by atoms with Crippen molar-refractivity contribution in [2.75, 3.05) is 13.1 Å². The van der Waals surface area contributed by atoms with Gasteiger partial charge in [0, 0.05) is 12.0 Å². The first-order chi connectivity index (χ1) is 7.31. The van der Waals surface area contributed by atoms with Crippen LogP contribution in [0.5, 0.6) is 0 Å². The number of hydrogen-bond acceptors (Lipinski definition) is 2. The van der Waals surface area contributed by atoms with Crippen LogP contribution in [0.15, 0.2) is 0 Å². The van der Waals surface area contributed by atoms with E-state index in [-0.39, 0.29) is 5.92 Å². The second kappa shape index (κ2) is 4.97. The predicted molar refractivity (Wildman–Crippen MR) is 60.5 cm³/mol. The molecule has 0 aromatic rings. The number of piperidine rings is 1. The fourth-order valence-electron chi connectivity index (χ4n) is 2.50. The summed E-state index contributed by atoms with van der Waals surface area (Å²) in [5, 5.41) is 6.48. The van der Waals surface area contributed by atoms with Crippen LogP contribution in [0.1, 0.15) is 39.0 Å². The molecule has 2 N–H and O–H groups in total. The van der Waals surface area contributed by atoms with Crippen LogP contribution >= 0.6 is 0 Å². The Hall–Kier alpha value is -0.570. The number of rotatable bonds is 4. The minimum absolute atomic E-state index is 0.272. The third-order valence-electron chi connectivity index (χ3n) is 3.62. The third kappa shape index (κ3) is 2.94. The minimum Gasteiger partial charge on any atom is -0.353 e. The molecule has 1 heterocycles. The van der Waals surface area contributed by atoms with Gasteiger partial charge in [-0.05, 0) is 44.7 Å². The topological polar surface area (TPSA) is 41.1 Å². The van der Waals surface area contributed by atoms with Crippen LogP contribution in [0.25, 0.3) is 0 Å². The molecular formula is C12H22N2O. The first kappa shape index (κ1) is 10.9. The van der Waals surface area contributed by atoms with Crippen molar-refractivity contribution in [3.63, 3.8) is 0 Å². The fourth-order valence-corrected chi connectivity index (χ4v) is 2.50. The Labute approximate surface area is 92.0 Å². The lowest BCUT2D eigenvalue weighted by atomic mass is 9.97. The van der Waals surface area contributed by atoms with Crippen molar-refractivity contribution in [1.29, 1.82) is 0 Å². The van der Waals surface area contributed by atoms with Gasteiger partial charge in [-0.25, -0.2) is 0 Å². The summed E-state index contributed by atoms with van der Waals surface area (Å²) in [4.78, 5) is 11.9. The average molecular weight is 210 g/mol. The van der Waals surface area contributed by atoms with E-state index in [0.717, 1.165) is 31.8 Å². The molecule has 0 aromatic carbocycles. The SMILES string of the molecule is CCCC1CC1NC(=O)C1CCNCC1. The Bertz CT molecular complexity index is 224. The van der Waals surface area contributed by atoms with E-state index in [2.05, 4.69) is 17.6 Å². The molecule has 1 aliphatic heterocycles. The van der Waals surface area contributed by atoms with Crippen molar-refractivity contribution in [3.8, 4) is 0 Å². The first-order valence-corrected chi connectivity index (χ1v) is 6.32. The Morgan fingerprint density at radius 2 is 2.13 bits per heavy atom. The van der Waals surface area contributed by atoms with E-state index in [9.17, 15) is 4.79 Å². The second-order valence-corrected chi connectivity index (χ2v) is 4.92. The molecule has 3 nitrogen and oxygen atoms in total. The van der Waals surface area contributed by atoms with Crippen LogP contribution in [-0.2, 0) is 4.79 Å². The highest BCUT2D eigenvalue weighted by Crippen LogP contribution is 2.34. The summed E-state index contributed by atoms with van der Waals surface area (Å²) in [5.74, 6) is 1.36. The highest BCUT2D eigenvalue weighted by atomic mass is 16.2. The van der Waals surface area contributed by atoms with Crippen LogP contribution in [0.4, 0.5) is 0 Å². The molecule has 2 rings (SSSR count). The van der Waals surface area contributed by atoms with Crippen LogP contribution in [-0.4, -0.2) is 25.0 Å². The summed E-state index contributed by atoms with van der Waals surface area (Å²) in [6, 6.07) is 0.507. The zero-order valence-electron chi connectivity index (χ0n) is 9.59. The van der Waals surface area contributed by atoms with Crippen molar-refractivity contribution in [2.24, 2.45) is 11.8 Å². The Kier molecular flexibility index (Phi) is 3.62. The van der Waals surface area contributed by atoms with Crippen molar-refractivity contribution in [1.82, 2.24) is 10.6 Å². The molecule has 2 atom stereocenters. The summed E-state index contributed by atoms with van der Waals surface area (Å²) in [6.45, 7) is 4.21. The van der Waals surface area contributed by atoms with Crippen molar-refractivity contribution in [3.05, 3.63) is 0 Å². The van der Waals surface area contributed by atoms with Gasteiger partial charge in [0.15, 0.2) is 0 Å². The Morgan fingerprint density at radius 3 is 2.80 bits per heavy atom. The summed E-state index contributed by atoms with van der Waals surface area (Å²) >= 11 is 0. The predicted octanol–water partition coefficient (Wildman–Crippen LogP) is 1.29. The lowest BCUT2D eigenvalue weighted by Gasteiger charge is -2.21. The van der Waals surface area contributed by atoms with Crippen molar-refractivity contribution < 1.29 is 4.79 Å². The van der Waals surface area contributed by atoms with Gasteiger partial charge in [-0.3, -0.25) is 4.79 Å². The summed E-state index contributed by atoms with van der Waals surface area (Å²) in [7, 11) is 0. The molecule has 15 heavy (non-hydrogen) atoms. The summed E-state index contributed by atoms with van der Waals surface area (Å²) < 4.78 is 0. The first-order valence-electron chi connectivity index (χ1n) is 6.32. The molecule has 1 saturated carbocycles. The maximum absolute atomic E-state index is 11.9. The minimum atomic E-state index is 0.272. The van der Waals surface area contributed by atoms with Crippen molar-refractivity contribution in [2.45, 2.75) is 45.1 Å². The monoisotopic (exact) mass is 210 g/mol. The largest absolute Gasteiger partial charge is 0.353 e. The molecule has 0 bridgehead atoms. The number of carbonyl (C=O) groups excluding carboxylic acids is 1. The standard InChI is InChI=1S/C12H22N2O/c1-2-3-10-8-11(10)14-12(15)9-4-6-13-7-5-9/h9-11,13H,2-8H2,1H3,(H,14,15). The molecule has 0 radical (unpaired) electrons. The molecule has 1 saturated heterocycles. The van der Waals surface area contributed by atoms with Gasteiger partial charge in [-0.2, -0.15) is 0 Å². The fraction of sp³-hybridized carbons (Fsp3) is 0.917. The van der Waals surface area contributed by atoms with E-state index < -0.39 is 0 Å². The van der Waals surface area contributed by atoms with Crippen LogP contribution in [0.3, 0.4) is 0 Å². The number of hydrogen-bond donors (Lipinski definition) is 2. The van der Waals surface area contributed by atoms with E-state index in [4.69, 9.17) is 0 Å². The van der Waals surface area contributed by atoms with E-state index >= 15 is 0 Å². The average Bonchev–Trinajstić information content (AvgIpc) is 2.98. The summed E-state index contributed by atoms with van der Waals surface area (Å²) in [5.41, 5.74) is 0. The highest BCUT2D eigenvalue weighted by molar-refractivity contribution is 5.79. The Morgan fingerprint density at radius 1 is 1.40 bits per heavy atom. The normalized spacial score (nSPS) is 31.3. The van der Waals surface area contributed by atoms with Crippen LogP contribution in [0, 0.1) is 11.8 Å². The van der Waals surface area contributed by atoms with Crippen LogP contribution in [0.2, 0.25) is 0 Å². The van der Waals surface area contributed by atoms with Gasteiger partial charge >= 0.3 is 0 Å². The van der Waals surface area contributed by atoms with E-state index in [1.165, 1.54) is 19.3 Å². The third-order valence-corrected chi connectivity index (χ3v) is 3.62. The molecule has 86 valence electrons. The lowest BCUT2D eigenvalue weighted by Crippen LogP contribution is -2.39. The van der Waals surface area contributed by atoms with Gasteiger partial charge in [-0.15, -0.1) is 0 Å². The van der Waals surface area contributed by atoms with Gasteiger partial charge in [0.1, 0.15) is 0 Å². The molecule has 3 heteroatoms. The Balaban J connectivity index is 1.68. The quantitative estimate of drug-likeness (QED) is 0.734. The molecule has 1 amide bonds. The van der Waals surface area contributed by atoms with E-state index in [1.807, 2.05) is 0 Å². The molecule has 2 unspecified atom stereocenters. The number of carbonyl (C=O) groups is 1. The van der Waals surface area contributed by atoms with Crippen molar-refractivity contribution >= 4 is 5.91 Å². The van der Waals surface area contributed by atoms with E-state index in [1.54, 1.807) is 0 Å².